The summed E-state index contributed by atoms with van der Waals surface area (Å²) < 4.78 is 44.2. The van der Waals surface area contributed by atoms with E-state index in [4.69, 9.17) is 10.8 Å². The van der Waals surface area contributed by atoms with Crippen LogP contribution in [0.3, 0.4) is 0 Å². The number of aryl methyl sites for hydroxylation is 1. The van der Waals surface area contributed by atoms with Crippen LogP contribution < -0.4 is 11.1 Å². The molecule has 1 saturated heterocycles. The molecule has 3 aromatic rings. The maximum atomic E-state index is 14.1. The van der Waals surface area contributed by atoms with E-state index >= 15 is 0 Å². The largest absolute Gasteiger partial charge is 0.416 e. The van der Waals surface area contributed by atoms with Crippen LogP contribution in [0.2, 0.25) is 0 Å². The van der Waals surface area contributed by atoms with Gasteiger partial charge in [-0.1, -0.05) is 12.1 Å². The summed E-state index contributed by atoms with van der Waals surface area (Å²) in [6.45, 7) is 5.51. The highest BCUT2D eigenvalue weighted by atomic mass is 19.4. The summed E-state index contributed by atoms with van der Waals surface area (Å²) in [5.41, 5.74) is 9.36. The number of carbonyl (C=O) groups is 1. The molecule has 3 saturated carbocycles. The van der Waals surface area contributed by atoms with Crippen molar-refractivity contribution in [1.82, 2.24) is 19.4 Å². The van der Waals surface area contributed by atoms with Crippen LogP contribution >= 0.6 is 0 Å². The fraction of sp³-hybridized carbons (Fsp3) is 0.484. The van der Waals surface area contributed by atoms with Gasteiger partial charge in [0.2, 0.25) is 0 Å². The number of benzene rings is 2. The molecule has 0 spiro atoms. The minimum Gasteiger partial charge on any atom is -0.395 e. The van der Waals surface area contributed by atoms with E-state index in [-0.39, 0.29) is 35.2 Å². The average Bonchev–Trinajstić information content (AvgIpc) is 3.23. The molecule has 4 aliphatic rings. The molecule has 1 aromatic heterocycles. The third-order valence-electron chi connectivity index (χ3n) is 9.62. The van der Waals surface area contributed by atoms with Crippen LogP contribution in [-0.2, 0) is 30.6 Å². The number of aromatic nitrogens is 2. The standard InChI is InChI=1S/C31H37F3N6O2/c1-20-3-4-21(13-24(20)29-17-30(18-29,19-29)26-15-36-28(35)38(26)2)27(42)37-23-6-5-22(25(14-23)31(32,33)34)16-40-9-7-39(8-10-40)11-12-41/h3-6,13-15,41H,7-12,16-19H2,1-2H3,(H2,35,36)(H,37,42). The maximum Gasteiger partial charge on any atom is 0.416 e. The molecule has 42 heavy (non-hydrogen) atoms. The minimum atomic E-state index is -4.55. The monoisotopic (exact) mass is 582 g/mol. The topological polar surface area (TPSA) is 99.7 Å². The predicted octanol–water partition coefficient (Wildman–Crippen LogP) is 4.07. The van der Waals surface area contributed by atoms with Crippen molar-refractivity contribution >= 4 is 17.5 Å². The number of aliphatic hydroxyl groups excluding tert-OH is 1. The Bertz CT molecular complexity index is 1490. The Morgan fingerprint density at radius 1 is 1.05 bits per heavy atom. The molecule has 224 valence electrons. The highest BCUT2D eigenvalue weighted by Crippen LogP contribution is 2.74. The third-order valence-corrected chi connectivity index (χ3v) is 9.62. The van der Waals surface area contributed by atoms with Crippen molar-refractivity contribution in [2.24, 2.45) is 7.05 Å². The molecule has 2 bridgehead atoms. The van der Waals surface area contributed by atoms with Gasteiger partial charge in [0, 0.05) is 68.7 Å². The first kappa shape index (κ1) is 28.7. The predicted molar refractivity (Wildman–Crippen MR) is 154 cm³/mol. The summed E-state index contributed by atoms with van der Waals surface area (Å²) in [5.74, 6) is 0.0651. The number of β-amino-alcohol motifs (C(OH)–C–C–N with tert-alkyl or cyclic N) is 1. The Hall–Kier alpha value is -3.41. The van der Waals surface area contributed by atoms with E-state index in [1.807, 2.05) is 41.8 Å². The number of nitrogens with two attached hydrogens (primary N) is 1. The summed E-state index contributed by atoms with van der Waals surface area (Å²) in [7, 11) is 1.93. The molecule has 4 N–H and O–H groups in total. The second-order valence-corrected chi connectivity index (χ2v) is 12.3. The zero-order valence-corrected chi connectivity index (χ0v) is 24.0. The first-order valence-electron chi connectivity index (χ1n) is 14.4. The molecular weight excluding hydrogens is 545 g/mol. The van der Waals surface area contributed by atoms with Gasteiger partial charge in [-0.2, -0.15) is 13.2 Å². The molecule has 0 atom stereocenters. The summed E-state index contributed by atoms with van der Waals surface area (Å²) in [6, 6.07) is 9.60. The lowest BCUT2D eigenvalue weighted by Gasteiger charge is -2.71. The number of amides is 1. The lowest BCUT2D eigenvalue weighted by molar-refractivity contribution is -0.138. The second kappa shape index (κ2) is 10.4. The van der Waals surface area contributed by atoms with Crippen molar-refractivity contribution < 1.29 is 23.1 Å². The summed E-state index contributed by atoms with van der Waals surface area (Å²) in [6.07, 6.45) is 0.173. The van der Waals surface area contributed by atoms with E-state index in [1.54, 1.807) is 12.1 Å². The molecular formula is C31H37F3N6O2. The van der Waals surface area contributed by atoms with Crippen molar-refractivity contribution in [3.05, 3.63) is 76.1 Å². The van der Waals surface area contributed by atoms with Crippen molar-refractivity contribution in [3.8, 4) is 0 Å². The number of nitrogen functional groups attached to an aromatic ring is 1. The van der Waals surface area contributed by atoms with Crippen LogP contribution in [0.25, 0.3) is 0 Å². The summed E-state index contributed by atoms with van der Waals surface area (Å²) >= 11 is 0. The number of aliphatic hydroxyl groups is 1. The number of halogens is 3. The molecule has 0 radical (unpaired) electrons. The lowest BCUT2D eigenvalue weighted by atomic mass is 9.32. The van der Waals surface area contributed by atoms with E-state index < -0.39 is 17.6 Å². The van der Waals surface area contributed by atoms with Crippen LogP contribution in [0.15, 0.2) is 42.6 Å². The van der Waals surface area contributed by atoms with Crippen molar-refractivity contribution in [2.45, 2.75) is 49.7 Å². The quantitative estimate of drug-likeness (QED) is 0.371. The van der Waals surface area contributed by atoms with Crippen LogP contribution in [0.5, 0.6) is 0 Å². The first-order valence-corrected chi connectivity index (χ1v) is 14.4. The lowest BCUT2D eigenvalue weighted by Crippen LogP contribution is -2.68. The van der Waals surface area contributed by atoms with Crippen LogP contribution in [0.1, 0.15) is 57.6 Å². The number of hydrogen-bond donors (Lipinski definition) is 3. The van der Waals surface area contributed by atoms with Gasteiger partial charge in [0.1, 0.15) is 0 Å². The average molecular weight is 583 g/mol. The Morgan fingerprint density at radius 2 is 1.74 bits per heavy atom. The molecule has 2 aromatic carbocycles. The molecule has 11 heteroatoms. The number of nitrogens with one attached hydrogen (secondary N) is 1. The molecule has 1 aliphatic heterocycles. The number of alkyl halides is 3. The SMILES string of the molecule is Cc1ccc(C(=O)Nc2ccc(CN3CCN(CCO)CC3)c(C(F)(F)F)c2)cc1C12CC(c3cnc(N)n3C)(C1)C2. The van der Waals surface area contributed by atoms with Gasteiger partial charge < -0.3 is 20.7 Å². The summed E-state index contributed by atoms with van der Waals surface area (Å²) in [4.78, 5) is 21.6. The number of imidazole rings is 1. The summed E-state index contributed by atoms with van der Waals surface area (Å²) in [5, 5.41) is 11.8. The molecule has 8 nitrogen and oxygen atoms in total. The van der Waals surface area contributed by atoms with Crippen molar-refractivity contribution in [3.63, 3.8) is 0 Å². The van der Waals surface area contributed by atoms with Gasteiger partial charge in [0.25, 0.3) is 5.91 Å². The molecule has 7 rings (SSSR count). The highest BCUT2D eigenvalue weighted by molar-refractivity contribution is 6.04. The number of piperazine rings is 1. The molecule has 0 unspecified atom stereocenters. The van der Waals surface area contributed by atoms with Gasteiger partial charge in [-0.05, 0) is 72.6 Å². The smallest absolute Gasteiger partial charge is 0.395 e. The number of rotatable bonds is 8. The van der Waals surface area contributed by atoms with Gasteiger partial charge in [0.15, 0.2) is 5.95 Å². The zero-order chi connectivity index (χ0) is 29.9. The normalized spacial score (nSPS) is 24.2. The van der Waals surface area contributed by atoms with Crippen LogP contribution in [-0.4, -0.2) is 69.7 Å². The maximum absolute atomic E-state index is 14.1. The highest BCUT2D eigenvalue weighted by Gasteiger charge is 2.70. The van der Waals surface area contributed by atoms with Gasteiger partial charge in [-0.15, -0.1) is 0 Å². The van der Waals surface area contributed by atoms with E-state index in [0.29, 0.717) is 44.2 Å². The van der Waals surface area contributed by atoms with Crippen molar-refractivity contribution in [2.75, 3.05) is 50.4 Å². The fourth-order valence-corrected chi connectivity index (χ4v) is 7.41. The number of anilines is 2. The Kier molecular flexibility index (Phi) is 7.10. The Morgan fingerprint density at radius 3 is 2.36 bits per heavy atom. The number of carbonyl (C=O) groups excluding carboxylic acids is 1. The number of hydrogen-bond acceptors (Lipinski definition) is 6. The Labute approximate surface area is 243 Å². The second-order valence-electron chi connectivity index (χ2n) is 12.3. The third kappa shape index (κ3) is 4.97. The van der Waals surface area contributed by atoms with Gasteiger partial charge in [-0.3, -0.25) is 14.6 Å². The van der Waals surface area contributed by atoms with Crippen LogP contribution in [0.4, 0.5) is 24.8 Å². The minimum absolute atomic E-state index is 0.00587. The van der Waals surface area contributed by atoms with Crippen molar-refractivity contribution in [1.29, 1.82) is 0 Å². The van der Waals surface area contributed by atoms with E-state index in [9.17, 15) is 18.0 Å². The van der Waals surface area contributed by atoms with Gasteiger partial charge in [0.05, 0.1) is 18.4 Å². The first-order chi connectivity index (χ1) is 19.9. The van der Waals surface area contributed by atoms with E-state index in [2.05, 4.69) is 15.2 Å². The van der Waals surface area contributed by atoms with E-state index in [1.165, 1.54) is 6.07 Å². The number of nitrogens with zero attached hydrogens (tertiary/aromatic N) is 4. The molecule has 3 aliphatic carbocycles. The fourth-order valence-electron chi connectivity index (χ4n) is 7.41. The molecule has 2 heterocycles. The zero-order valence-electron chi connectivity index (χ0n) is 24.0. The van der Waals surface area contributed by atoms with E-state index in [0.717, 1.165) is 42.1 Å². The van der Waals surface area contributed by atoms with Gasteiger partial charge >= 0.3 is 6.18 Å². The van der Waals surface area contributed by atoms with Gasteiger partial charge in [-0.25, -0.2) is 4.98 Å². The molecule has 1 amide bonds. The Balaban J connectivity index is 1.15. The molecule has 4 fully saturated rings. The van der Waals surface area contributed by atoms with Crippen LogP contribution in [0, 0.1) is 6.92 Å².